The van der Waals surface area contributed by atoms with Crippen molar-refractivity contribution >= 4 is 28.8 Å². The molecule has 0 saturated heterocycles. The van der Waals surface area contributed by atoms with Crippen LogP contribution in [0.3, 0.4) is 0 Å². The molecule has 1 heterocycles. The lowest BCUT2D eigenvalue weighted by Crippen LogP contribution is -2.42. The first-order valence-electron chi connectivity index (χ1n) is 9.08. The van der Waals surface area contributed by atoms with Crippen LogP contribution in [-0.2, 0) is 4.79 Å². The van der Waals surface area contributed by atoms with Crippen molar-refractivity contribution in [1.29, 1.82) is 0 Å². The molecule has 0 aliphatic rings. The molecule has 0 aliphatic carbocycles. The summed E-state index contributed by atoms with van der Waals surface area (Å²) in [6.45, 7) is 1.14. The first-order valence-corrected chi connectivity index (χ1v) is 9.96. The van der Waals surface area contributed by atoms with Crippen LogP contribution in [0.2, 0.25) is 0 Å². The predicted molar refractivity (Wildman–Crippen MR) is 114 cm³/mol. The van der Waals surface area contributed by atoms with E-state index in [1.54, 1.807) is 6.07 Å². The Balaban J connectivity index is 1.62. The van der Waals surface area contributed by atoms with Crippen LogP contribution in [0, 0.1) is 0 Å². The number of carbonyl (C=O) groups is 2. The molecule has 3 aromatic rings. The van der Waals surface area contributed by atoms with E-state index in [1.165, 1.54) is 11.3 Å². The second kappa shape index (κ2) is 9.71. The zero-order valence-corrected chi connectivity index (χ0v) is 16.5. The molecule has 0 spiro atoms. The number of nitrogens with zero attached hydrogens (tertiary/aromatic N) is 1. The van der Waals surface area contributed by atoms with Gasteiger partial charge in [0.05, 0.1) is 4.88 Å². The minimum atomic E-state index is -0.738. The van der Waals surface area contributed by atoms with E-state index in [0.717, 1.165) is 11.3 Å². The quantitative estimate of drug-likeness (QED) is 0.616. The molecular formula is C22H23N3O2S. The Morgan fingerprint density at radius 2 is 1.64 bits per heavy atom. The van der Waals surface area contributed by atoms with Crippen LogP contribution < -0.4 is 15.5 Å². The number of benzene rings is 2. The molecule has 0 fully saturated rings. The minimum absolute atomic E-state index is 0.224. The third-order valence-corrected chi connectivity index (χ3v) is 5.23. The van der Waals surface area contributed by atoms with E-state index in [4.69, 9.17) is 0 Å². The van der Waals surface area contributed by atoms with Crippen LogP contribution in [-0.4, -0.2) is 32.0 Å². The molecule has 1 atom stereocenters. The van der Waals surface area contributed by atoms with E-state index in [9.17, 15) is 9.59 Å². The highest BCUT2D eigenvalue weighted by molar-refractivity contribution is 7.12. The largest absolute Gasteiger partial charge is 0.373 e. The summed E-state index contributed by atoms with van der Waals surface area (Å²) in [5, 5.41) is 7.63. The highest BCUT2D eigenvalue weighted by Crippen LogP contribution is 2.16. The van der Waals surface area contributed by atoms with Gasteiger partial charge in [-0.25, -0.2) is 0 Å². The Morgan fingerprint density at radius 3 is 2.29 bits per heavy atom. The Bertz CT molecular complexity index is 883. The lowest BCUT2D eigenvalue weighted by Gasteiger charge is -2.22. The van der Waals surface area contributed by atoms with Gasteiger partial charge in [-0.15, -0.1) is 11.3 Å². The number of rotatable bonds is 8. The average molecular weight is 394 g/mol. The molecule has 2 aromatic carbocycles. The van der Waals surface area contributed by atoms with Crippen molar-refractivity contribution in [2.75, 3.05) is 25.0 Å². The molecule has 2 N–H and O–H groups in total. The fourth-order valence-electron chi connectivity index (χ4n) is 2.82. The van der Waals surface area contributed by atoms with Gasteiger partial charge in [0, 0.05) is 25.8 Å². The zero-order valence-electron chi connectivity index (χ0n) is 15.7. The van der Waals surface area contributed by atoms with Crippen molar-refractivity contribution in [3.8, 4) is 0 Å². The molecule has 144 valence electrons. The number of likely N-dealkylation sites (N-methyl/N-ethyl adjacent to an activating group) is 1. The second-order valence-electron chi connectivity index (χ2n) is 6.34. The lowest BCUT2D eigenvalue weighted by atomic mass is 10.1. The van der Waals surface area contributed by atoms with Gasteiger partial charge in [-0.05, 0) is 29.1 Å². The van der Waals surface area contributed by atoms with Crippen molar-refractivity contribution in [1.82, 2.24) is 10.6 Å². The molecule has 0 saturated carbocycles. The van der Waals surface area contributed by atoms with Crippen molar-refractivity contribution in [2.45, 2.75) is 6.04 Å². The summed E-state index contributed by atoms with van der Waals surface area (Å²) in [7, 11) is 1.98. The van der Waals surface area contributed by atoms with E-state index >= 15 is 0 Å². The lowest BCUT2D eigenvalue weighted by molar-refractivity contribution is -0.123. The maximum absolute atomic E-state index is 12.8. The highest BCUT2D eigenvalue weighted by Gasteiger charge is 2.23. The summed E-state index contributed by atoms with van der Waals surface area (Å²) in [6, 6.07) is 22.1. The molecule has 6 heteroatoms. The number of hydrogen-bond donors (Lipinski definition) is 2. The summed E-state index contributed by atoms with van der Waals surface area (Å²) in [5.74, 6) is -0.474. The molecular weight excluding hydrogens is 370 g/mol. The van der Waals surface area contributed by atoms with Gasteiger partial charge in [-0.2, -0.15) is 0 Å². The van der Waals surface area contributed by atoms with Gasteiger partial charge in [0.2, 0.25) is 5.91 Å². The summed E-state index contributed by atoms with van der Waals surface area (Å²) in [4.78, 5) is 28.0. The molecule has 0 bridgehead atoms. The summed E-state index contributed by atoms with van der Waals surface area (Å²) in [5.41, 5.74) is 1.84. The van der Waals surface area contributed by atoms with Crippen molar-refractivity contribution < 1.29 is 9.59 Å². The van der Waals surface area contributed by atoms with Crippen molar-refractivity contribution in [2.24, 2.45) is 0 Å². The van der Waals surface area contributed by atoms with E-state index in [0.29, 0.717) is 18.0 Å². The molecule has 0 unspecified atom stereocenters. The topological polar surface area (TPSA) is 61.4 Å². The summed E-state index contributed by atoms with van der Waals surface area (Å²) < 4.78 is 0. The predicted octanol–water partition coefficient (Wildman–Crippen LogP) is 3.47. The van der Waals surface area contributed by atoms with E-state index < -0.39 is 6.04 Å². The standard InChI is InChI=1S/C22H23N3O2S/c1-25(18-11-6-3-7-12-18)15-14-23-22(27)20(17-9-4-2-5-10-17)24-21(26)19-13-8-16-28-19/h2-13,16,20H,14-15H2,1H3,(H,23,27)(H,24,26)/t20-/m0/s1. The second-order valence-corrected chi connectivity index (χ2v) is 7.29. The van der Waals surface area contributed by atoms with Gasteiger partial charge in [0.25, 0.3) is 5.91 Å². The van der Waals surface area contributed by atoms with Gasteiger partial charge in [-0.3, -0.25) is 9.59 Å². The first kappa shape index (κ1) is 19.6. The Morgan fingerprint density at radius 1 is 0.964 bits per heavy atom. The Hall–Kier alpha value is -3.12. The molecule has 1 aromatic heterocycles. The third kappa shape index (κ3) is 5.20. The summed E-state index contributed by atoms with van der Waals surface area (Å²) in [6.07, 6.45) is 0. The van der Waals surface area contributed by atoms with Crippen LogP contribution in [0.25, 0.3) is 0 Å². The SMILES string of the molecule is CN(CCNC(=O)[C@@H](NC(=O)c1cccs1)c1ccccc1)c1ccccc1. The molecule has 3 rings (SSSR count). The summed E-state index contributed by atoms with van der Waals surface area (Å²) >= 11 is 1.35. The third-order valence-electron chi connectivity index (χ3n) is 4.36. The van der Waals surface area contributed by atoms with Gasteiger partial charge in [0.1, 0.15) is 6.04 Å². The van der Waals surface area contributed by atoms with Gasteiger partial charge in [0.15, 0.2) is 0 Å². The number of hydrogen-bond acceptors (Lipinski definition) is 4. The number of para-hydroxylation sites is 1. The number of nitrogens with one attached hydrogen (secondary N) is 2. The number of thiophene rings is 1. The van der Waals surface area contributed by atoms with Gasteiger partial charge in [-0.1, -0.05) is 54.6 Å². The van der Waals surface area contributed by atoms with Crippen LogP contribution in [0.4, 0.5) is 5.69 Å². The normalized spacial score (nSPS) is 11.5. The number of anilines is 1. The maximum atomic E-state index is 12.8. The average Bonchev–Trinajstić information content (AvgIpc) is 3.28. The smallest absolute Gasteiger partial charge is 0.262 e. The van der Waals surface area contributed by atoms with Crippen LogP contribution >= 0.6 is 11.3 Å². The van der Waals surface area contributed by atoms with Gasteiger partial charge >= 0.3 is 0 Å². The molecule has 0 aliphatic heterocycles. The highest BCUT2D eigenvalue weighted by atomic mass is 32.1. The van der Waals surface area contributed by atoms with Crippen LogP contribution in [0.5, 0.6) is 0 Å². The molecule has 0 radical (unpaired) electrons. The van der Waals surface area contributed by atoms with Crippen molar-refractivity contribution in [3.05, 3.63) is 88.6 Å². The van der Waals surface area contributed by atoms with Gasteiger partial charge < -0.3 is 15.5 Å². The van der Waals surface area contributed by atoms with Crippen LogP contribution in [0.15, 0.2) is 78.2 Å². The first-order chi connectivity index (χ1) is 13.6. The maximum Gasteiger partial charge on any atom is 0.262 e. The van der Waals surface area contributed by atoms with E-state index in [1.807, 2.05) is 79.2 Å². The molecule has 5 nitrogen and oxygen atoms in total. The number of carbonyl (C=O) groups excluding carboxylic acids is 2. The van der Waals surface area contributed by atoms with E-state index in [2.05, 4.69) is 15.5 Å². The molecule has 28 heavy (non-hydrogen) atoms. The Labute approximate surface area is 169 Å². The monoisotopic (exact) mass is 393 g/mol. The zero-order chi connectivity index (χ0) is 19.8. The fourth-order valence-corrected chi connectivity index (χ4v) is 3.44. The number of amides is 2. The van der Waals surface area contributed by atoms with Crippen molar-refractivity contribution in [3.63, 3.8) is 0 Å². The van der Waals surface area contributed by atoms with Crippen LogP contribution in [0.1, 0.15) is 21.3 Å². The Kier molecular flexibility index (Phi) is 6.81. The minimum Gasteiger partial charge on any atom is -0.373 e. The fraction of sp³-hybridized carbons (Fsp3) is 0.182. The van der Waals surface area contributed by atoms with E-state index in [-0.39, 0.29) is 11.8 Å². The molecule has 2 amide bonds.